The molecule has 0 fully saturated rings. The van der Waals surface area contributed by atoms with Gasteiger partial charge in [0.15, 0.2) is 5.78 Å². The molecule has 16 heavy (non-hydrogen) atoms. The van der Waals surface area contributed by atoms with Crippen molar-refractivity contribution in [2.75, 3.05) is 6.54 Å². The number of carbonyl (C=O) groups excluding carboxylic acids is 2. The third-order valence-corrected chi connectivity index (χ3v) is 1.83. The molecule has 5 heteroatoms. The van der Waals surface area contributed by atoms with Gasteiger partial charge in [-0.25, -0.2) is 0 Å². The predicted molar refractivity (Wildman–Crippen MR) is 56.5 cm³/mol. The molecule has 1 aromatic rings. The molecule has 0 atom stereocenters. The van der Waals surface area contributed by atoms with Crippen molar-refractivity contribution in [3.63, 3.8) is 0 Å². The summed E-state index contributed by atoms with van der Waals surface area (Å²) < 4.78 is 4.84. The van der Waals surface area contributed by atoms with Crippen LogP contribution in [0.3, 0.4) is 0 Å². The van der Waals surface area contributed by atoms with Crippen molar-refractivity contribution in [1.29, 1.82) is 0 Å². The average molecular weight is 221 g/mol. The van der Waals surface area contributed by atoms with Crippen molar-refractivity contribution >= 4 is 11.8 Å². The molecular weight excluding hydrogens is 210 g/mol. The van der Waals surface area contributed by atoms with Gasteiger partial charge in [0, 0.05) is 0 Å². The number of hydrogen-bond donors (Lipinski definition) is 0. The first kappa shape index (κ1) is 12.0. The Morgan fingerprint density at radius 1 is 1.19 bits per heavy atom. The number of Topliss-reactive ketones (excluding diaryl/α,β-unsaturated/α-hetero) is 1. The largest absolute Gasteiger partial charge is 0.460 e. The summed E-state index contributed by atoms with van der Waals surface area (Å²) in [6, 6.07) is 9.12. The van der Waals surface area contributed by atoms with Crippen molar-refractivity contribution < 1.29 is 14.3 Å². The van der Waals surface area contributed by atoms with Crippen molar-refractivity contribution in [2.45, 2.75) is 13.0 Å². The second-order valence-corrected chi connectivity index (χ2v) is 3.15. The topological polar surface area (TPSA) is 72.8 Å². The monoisotopic (exact) mass is 221 g/mol. The maximum atomic E-state index is 11.1. The van der Waals surface area contributed by atoms with Crippen LogP contribution in [0.5, 0.6) is 0 Å². The third-order valence-electron chi connectivity index (χ3n) is 1.83. The van der Waals surface area contributed by atoms with E-state index in [1.807, 2.05) is 30.3 Å². The fraction of sp³-hybridized carbons (Fsp3) is 0.273. The van der Waals surface area contributed by atoms with Gasteiger partial charge in [-0.05, 0) is 5.56 Å². The summed E-state index contributed by atoms with van der Waals surface area (Å²) in [6.07, 6.45) is -0.404. The molecule has 0 radical (unpaired) electrons. The van der Waals surface area contributed by atoms with Gasteiger partial charge in [0.05, 0.1) is 0 Å². The summed E-state index contributed by atoms with van der Waals surface area (Å²) >= 11 is 0. The average Bonchev–Trinajstić information content (AvgIpc) is 2.28. The van der Waals surface area contributed by atoms with Crippen LogP contribution in [0.2, 0.25) is 0 Å². The van der Waals surface area contributed by atoms with Crippen LogP contribution in [0.4, 0.5) is 0 Å². The standard InChI is InChI=1S/C11H11NO4/c13-10(7-12-15)6-11(14)16-8-9-4-2-1-3-5-9/h1-5H,6-8H2. The lowest BCUT2D eigenvalue weighted by molar-refractivity contribution is -0.147. The van der Waals surface area contributed by atoms with Crippen molar-refractivity contribution in [3.05, 3.63) is 40.8 Å². The Kier molecular flexibility index (Phi) is 4.85. The summed E-state index contributed by atoms with van der Waals surface area (Å²) in [7, 11) is 0. The maximum absolute atomic E-state index is 11.1. The van der Waals surface area contributed by atoms with Crippen LogP contribution in [0.1, 0.15) is 12.0 Å². The molecule has 0 aliphatic carbocycles. The third kappa shape index (κ3) is 4.45. The molecule has 0 aliphatic rings. The van der Waals surface area contributed by atoms with Crippen LogP contribution in [0, 0.1) is 4.91 Å². The number of hydrogen-bond acceptors (Lipinski definition) is 5. The van der Waals surface area contributed by atoms with Crippen molar-refractivity contribution in [2.24, 2.45) is 5.18 Å². The van der Waals surface area contributed by atoms with Gasteiger partial charge in [0.1, 0.15) is 19.6 Å². The van der Waals surface area contributed by atoms with Gasteiger partial charge in [0.25, 0.3) is 0 Å². The fourth-order valence-electron chi connectivity index (χ4n) is 1.08. The molecule has 0 aliphatic heterocycles. The van der Waals surface area contributed by atoms with Crippen LogP contribution >= 0.6 is 0 Å². The minimum atomic E-state index is -0.641. The molecule has 0 aromatic heterocycles. The van der Waals surface area contributed by atoms with Crippen molar-refractivity contribution in [3.8, 4) is 0 Å². The molecular formula is C11H11NO4. The molecule has 5 nitrogen and oxygen atoms in total. The Morgan fingerprint density at radius 2 is 1.88 bits per heavy atom. The van der Waals surface area contributed by atoms with Gasteiger partial charge in [-0.1, -0.05) is 35.5 Å². The summed E-state index contributed by atoms with van der Waals surface area (Å²) in [5, 5.41) is 2.40. The second-order valence-electron chi connectivity index (χ2n) is 3.15. The summed E-state index contributed by atoms with van der Waals surface area (Å²) in [5.41, 5.74) is 0.844. The lowest BCUT2D eigenvalue weighted by atomic mass is 10.2. The van der Waals surface area contributed by atoms with E-state index >= 15 is 0 Å². The van der Waals surface area contributed by atoms with E-state index in [0.29, 0.717) is 0 Å². The van der Waals surface area contributed by atoms with E-state index in [0.717, 1.165) is 5.56 Å². The number of ether oxygens (including phenoxy) is 1. The van der Waals surface area contributed by atoms with E-state index in [-0.39, 0.29) is 6.61 Å². The number of nitroso groups, excluding NO2 is 1. The smallest absolute Gasteiger partial charge is 0.313 e. The first-order chi connectivity index (χ1) is 7.72. The predicted octanol–water partition coefficient (Wildman–Crippen LogP) is 1.46. The van der Waals surface area contributed by atoms with Gasteiger partial charge < -0.3 is 4.74 Å². The van der Waals surface area contributed by atoms with Gasteiger partial charge in [-0.3, -0.25) is 9.59 Å². The number of esters is 1. The Hall–Kier alpha value is -2.04. The highest BCUT2D eigenvalue weighted by Crippen LogP contribution is 2.01. The molecule has 0 amide bonds. The number of ketones is 1. The molecule has 0 heterocycles. The first-order valence-electron chi connectivity index (χ1n) is 4.72. The zero-order valence-electron chi connectivity index (χ0n) is 8.59. The Balaban J connectivity index is 2.30. The van der Waals surface area contributed by atoms with Crippen LogP contribution in [-0.4, -0.2) is 18.3 Å². The molecule has 1 rings (SSSR count). The summed E-state index contributed by atoms with van der Waals surface area (Å²) in [6.45, 7) is -0.359. The number of carbonyl (C=O) groups is 2. The van der Waals surface area contributed by atoms with Crippen LogP contribution < -0.4 is 0 Å². The number of benzene rings is 1. The summed E-state index contributed by atoms with van der Waals surface area (Å²) in [5.74, 6) is -1.18. The number of nitrogens with zero attached hydrogens (tertiary/aromatic N) is 1. The lowest BCUT2D eigenvalue weighted by Crippen LogP contribution is -2.13. The zero-order chi connectivity index (χ0) is 11.8. The maximum Gasteiger partial charge on any atom is 0.313 e. The first-order valence-corrected chi connectivity index (χ1v) is 4.72. The molecule has 0 saturated heterocycles. The molecule has 0 unspecified atom stereocenters. The van der Waals surface area contributed by atoms with Crippen LogP contribution in [0.25, 0.3) is 0 Å². The van der Waals surface area contributed by atoms with E-state index in [4.69, 9.17) is 4.74 Å². The number of rotatable bonds is 6. The highest BCUT2D eigenvalue weighted by molar-refractivity contribution is 5.96. The molecule has 0 spiro atoms. The SMILES string of the molecule is O=NCC(=O)CC(=O)OCc1ccccc1. The fourth-order valence-corrected chi connectivity index (χ4v) is 1.08. The molecule has 1 aromatic carbocycles. The van der Waals surface area contributed by atoms with E-state index in [1.165, 1.54) is 0 Å². The van der Waals surface area contributed by atoms with Gasteiger partial charge in [-0.15, -0.1) is 0 Å². The second kappa shape index (κ2) is 6.44. The highest BCUT2D eigenvalue weighted by Gasteiger charge is 2.10. The molecule has 0 N–H and O–H groups in total. The molecule has 0 saturated carbocycles. The van der Waals surface area contributed by atoms with E-state index in [2.05, 4.69) is 5.18 Å². The van der Waals surface area contributed by atoms with E-state index in [1.54, 1.807) is 0 Å². The minimum absolute atomic E-state index is 0.126. The normalized spacial score (nSPS) is 9.50. The van der Waals surface area contributed by atoms with Crippen LogP contribution in [-0.2, 0) is 20.9 Å². The lowest BCUT2D eigenvalue weighted by Gasteiger charge is -2.03. The van der Waals surface area contributed by atoms with Crippen molar-refractivity contribution in [1.82, 2.24) is 0 Å². The van der Waals surface area contributed by atoms with Crippen LogP contribution in [0.15, 0.2) is 35.5 Å². The Morgan fingerprint density at radius 3 is 2.50 bits per heavy atom. The highest BCUT2D eigenvalue weighted by atomic mass is 16.5. The van der Waals surface area contributed by atoms with Gasteiger partial charge >= 0.3 is 5.97 Å². The molecule has 0 bridgehead atoms. The quantitative estimate of drug-likeness (QED) is 0.414. The van der Waals surface area contributed by atoms with E-state index in [9.17, 15) is 14.5 Å². The van der Waals surface area contributed by atoms with Gasteiger partial charge in [-0.2, -0.15) is 4.91 Å². The van der Waals surface area contributed by atoms with Gasteiger partial charge in [0.2, 0.25) is 0 Å². The Bertz CT molecular complexity index is 375. The minimum Gasteiger partial charge on any atom is -0.460 e. The summed E-state index contributed by atoms with van der Waals surface area (Å²) in [4.78, 5) is 31.7. The van der Waals surface area contributed by atoms with E-state index < -0.39 is 24.7 Å². The Labute approximate surface area is 92.4 Å². The molecule has 84 valence electrons. The zero-order valence-corrected chi connectivity index (χ0v) is 8.59.